The van der Waals surface area contributed by atoms with Crippen molar-refractivity contribution in [3.8, 4) is 11.1 Å². The minimum absolute atomic E-state index is 0.0326. The van der Waals surface area contributed by atoms with Gasteiger partial charge < -0.3 is 0 Å². The Morgan fingerprint density at radius 3 is 2.45 bits per heavy atom. The van der Waals surface area contributed by atoms with Crippen molar-refractivity contribution in [2.75, 3.05) is 0 Å². The average Bonchev–Trinajstić information content (AvgIpc) is 3.21. The molecule has 5 heteroatoms. The summed E-state index contributed by atoms with van der Waals surface area (Å²) >= 11 is 0. The normalized spacial score (nSPS) is 15.0. The van der Waals surface area contributed by atoms with Crippen LogP contribution in [0.3, 0.4) is 0 Å². The van der Waals surface area contributed by atoms with Crippen molar-refractivity contribution < 1.29 is 17.2 Å². The number of aryl methyl sites for hydroxylation is 1. The minimum atomic E-state index is -3.13. The topological polar surface area (TPSA) is 34.1 Å². The van der Waals surface area contributed by atoms with Crippen LogP contribution >= 0.6 is 0 Å². The highest BCUT2D eigenvalue weighted by atomic mass is 32.2. The van der Waals surface area contributed by atoms with Gasteiger partial charge in [-0.15, -0.1) is 0 Å². The summed E-state index contributed by atoms with van der Waals surface area (Å²) < 4.78 is 51.2. The molecule has 0 aliphatic heterocycles. The van der Waals surface area contributed by atoms with Crippen molar-refractivity contribution >= 4 is 9.84 Å². The van der Waals surface area contributed by atoms with E-state index in [-0.39, 0.29) is 16.6 Å². The molecule has 1 aliphatic carbocycles. The van der Waals surface area contributed by atoms with Gasteiger partial charge >= 0.3 is 0 Å². The molecule has 0 heterocycles. The van der Waals surface area contributed by atoms with E-state index < -0.39 is 21.5 Å². The molecule has 0 bridgehead atoms. The molecule has 2 aromatic rings. The Labute approximate surface area is 128 Å². The molecule has 0 amide bonds. The van der Waals surface area contributed by atoms with Gasteiger partial charge in [-0.1, -0.05) is 23.8 Å². The summed E-state index contributed by atoms with van der Waals surface area (Å²) in [5.74, 6) is -1.32. The van der Waals surface area contributed by atoms with Crippen LogP contribution < -0.4 is 0 Å². The highest BCUT2D eigenvalue weighted by Crippen LogP contribution is 2.32. The fraction of sp³-hybridized carbons (Fsp3) is 0.294. The summed E-state index contributed by atoms with van der Waals surface area (Å²) in [6, 6.07) is 8.63. The number of hydrogen-bond donors (Lipinski definition) is 0. The third kappa shape index (κ3) is 3.19. The third-order valence-electron chi connectivity index (χ3n) is 3.78. The zero-order valence-corrected chi connectivity index (χ0v) is 13.0. The molecule has 116 valence electrons. The number of sulfone groups is 1. The van der Waals surface area contributed by atoms with Gasteiger partial charge in [-0.3, -0.25) is 0 Å². The Bertz CT molecular complexity index is 825. The minimum Gasteiger partial charge on any atom is -0.228 e. The van der Waals surface area contributed by atoms with E-state index in [2.05, 4.69) is 0 Å². The molecule has 0 saturated heterocycles. The van der Waals surface area contributed by atoms with Crippen LogP contribution in [0.5, 0.6) is 0 Å². The van der Waals surface area contributed by atoms with Crippen LogP contribution in [-0.4, -0.2) is 13.7 Å². The van der Waals surface area contributed by atoms with Crippen LogP contribution in [0.1, 0.15) is 24.0 Å². The summed E-state index contributed by atoms with van der Waals surface area (Å²) in [4.78, 5) is 0. The lowest BCUT2D eigenvalue weighted by molar-refractivity contribution is 0.585. The Morgan fingerprint density at radius 1 is 1.09 bits per heavy atom. The van der Waals surface area contributed by atoms with Gasteiger partial charge in [-0.2, -0.15) is 0 Å². The van der Waals surface area contributed by atoms with Crippen LogP contribution in [0.4, 0.5) is 8.78 Å². The highest BCUT2D eigenvalue weighted by molar-refractivity contribution is 7.91. The lowest BCUT2D eigenvalue weighted by Gasteiger charge is -2.09. The average molecular weight is 322 g/mol. The molecule has 2 nitrogen and oxygen atoms in total. The molecule has 3 rings (SSSR count). The van der Waals surface area contributed by atoms with E-state index in [4.69, 9.17) is 0 Å². The zero-order valence-electron chi connectivity index (χ0n) is 12.1. The standard InChI is InChI=1S/C17H16F2O2S/c1-11-6-12(10-22(20,21)15-3-4-15)8-13(7-11)16-5-2-14(18)9-17(16)19/h2,5-9,15H,3-4,10H2,1H3. The maximum Gasteiger partial charge on any atom is 0.157 e. The largest absolute Gasteiger partial charge is 0.228 e. The fourth-order valence-electron chi connectivity index (χ4n) is 2.60. The first-order chi connectivity index (χ1) is 10.3. The summed E-state index contributed by atoms with van der Waals surface area (Å²) in [6.45, 7) is 1.83. The highest BCUT2D eigenvalue weighted by Gasteiger charge is 2.35. The van der Waals surface area contributed by atoms with Crippen molar-refractivity contribution in [2.45, 2.75) is 30.8 Å². The summed E-state index contributed by atoms with van der Waals surface area (Å²) in [5, 5.41) is -0.223. The van der Waals surface area contributed by atoms with Crippen LogP contribution in [0.15, 0.2) is 36.4 Å². The zero-order chi connectivity index (χ0) is 15.9. The van der Waals surface area contributed by atoms with Gasteiger partial charge in [-0.05, 0) is 43.0 Å². The molecule has 0 N–H and O–H groups in total. The molecule has 0 unspecified atom stereocenters. The molecule has 0 radical (unpaired) electrons. The SMILES string of the molecule is Cc1cc(CS(=O)(=O)C2CC2)cc(-c2ccc(F)cc2F)c1. The predicted octanol–water partition coefficient (Wildman–Crippen LogP) is 4.02. The van der Waals surface area contributed by atoms with Crippen LogP contribution in [0.2, 0.25) is 0 Å². The molecular weight excluding hydrogens is 306 g/mol. The Morgan fingerprint density at radius 2 is 1.82 bits per heavy atom. The molecule has 1 saturated carbocycles. The molecule has 0 aromatic heterocycles. The predicted molar refractivity (Wildman–Crippen MR) is 82.2 cm³/mol. The number of halogens is 2. The van der Waals surface area contributed by atoms with Crippen LogP contribution in [-0.2, 0) is 15.6 Å². The van der Waals surface area contributed by atoms with Gasteiger partial charge in [0.2, 0.25) is 0 Å². The van der Waals surface area contributed by atoms with Gasteiger partial charge in [-0.25, -0.2) is 17.2 Å². The van der Waals surface area contributed by atoms with Gasteiger partial charge in [0, 0.05) is 11.6 Å². The second kappa shape index (κ2) is 5.47. The van der Waals surface area contributed by atoms with E-state index in [9.17, 15) is 17.2 Å². The van der Waals surface area contributed by atoms with Gasteiger partial charge in [0.1, 0.15) is 11.6 Å². The molecule has 1 aliphatic rings. The summed E-state index contributed by atoms with van der Waals surface area (Å²) in [5.41, 5.74) is 2.33. The van der Waals surface area contributed by atoms with Crippen molar-refractivity contribution in [3.63, 3.8) is 0 Å². The summed E-state index contributed by atoms with van der Waals surface area (Å²) in [6.07, 6.45) is 1.46. The van der Waals surface area contributed by atoms with Crippen molar-refractivity contribution in [1.29, 1.82) is 0 Å². The van der Waals surface area contributed by atoms with E-state index >= 15 is 0 Å². The number of rotatable bonds is 4. The monoisotopic (exact) mass is 322 g/mol. The van der Waals surface area contributed by atoms with E-state index in [1.807, 2.05) is 6.92 Å². The molecule has 0 atom stereocenters. The first kappa shape index (κ1) is 15.2. The van der Waals surface area contributed by atoms with E-state index in [1.165, 1.54) is 12.1 Å². The third-order valence-corrected chi connectivity index (χ3v) is 6.00. The van der Waals surface area contributed by atoms with E-state index in [0.29, 0.717) is 11.1 Å². The van der Waals surface area contributed by atoms with Crippen molar-refractivity contribution in [2.24, 2.45) is 0 Å². The molecular formula is C17H16F2O2S. The number of hydrogen-bond acceptors (Lipinski definition) is 2. The Balaban J connectivity index is 1.99. The number of benzene rings is 2. The van der Waals surface area contributed by atoms with Crippen molar-refractivity contribution in [1.82, 2.24) is 0 Å². The van der Waals surface area contributed by atoms with Crippen molar-refractivity contribution in [3.05, 3.63) is 59.2 Å². The fourth-order valence-corrected chi connectivity index (χ4v) is 4.32. The molecule has 1 fully saturated rings. The maximum absolute atomic E-state index is 13.9. The second-order valence-corrected chi connectivity index (χ2v) is 8.12. The van der Waals surface area contributed by atoms with Gasteiger partial charge in [0.25, 0.3) is 0 Å². The molecule has 22 heavy (non-hydrogen) atoms. The second-order valence-electron chi connectivity index (χ2n) is 5.84. The quantitative estimate of drug-likeness (QED) is 0.852. The lowest BCUT2D eigenvalue weighted by atomic mass is 10.0. The smallest absolute Gasteiger partial charge is 0.157 e. The molecule has 0 spiro atoms. The van der Waals surface area contributed by atoms with Crippen LogP contribution in [0, 0.1) is 18.6 Å². The molecule has 2 aromatic carbocycles. The first-order valence-corrected chi connectivity index (χ1v) is 8.84. The Hall–Kier alpha value is -1.75. The van der Waals surface area contributed by atoms with Gasteiger partial charge in [0.05, 0.1) is 11.0 Å². The Kier molecular flexibility index (Phi) is 3.77. The van der Waals surface area contributed by atoms with Gasteiger partial charge in [0.15, 0.2) is 9.84 Å². The van der Waals surface area contributed by atoms with E-state index in [1.54, 1.807) is 18.2 Å². The maximum atomic E-state index is 13.9. The van der Waals surface area contributed by atoms with E-state index in [0.717, 1.165) is 24.5 Å². The summed E-state index contributed by atoms with van der Waals surface area (Å²) in [7, 11) is -3.13. The first-order valence-electron chi connectivity index (χ1n) is 7.13. The lowest BCUT2D eigenvalue weighted by Crippen LogP contribution is -2.10. The van der Waals surface area contributed by atoms with Crippen LogP contribution in [0.25, 0.3) is 11.1 Å².